The summed E-state index contributed by atoms with van der Waals surface area (Å²) >= 11 is 0. The molecule has 3 aliphatic carbocycles. The molecular formula is C27H31N5O2. The molecule has 4 aliphatic rings. The molecular weight excluding hydrogens is 426 g/mol. The number of amides is 3. The zero-order valence-electron chi connectivity index (χ0n) is 19.6. The summed E-state index contributed by atoms with van der Waals surface area (Å²) in [6.45, 7) is 2.37. The van der Waals surface area contributed by atoms with Crippen LogP contribution in [-0.4, -0.2) is 32.8 Å². The Balaban J connectivity index is 1.17. The second-order valence-corrected chi connectivity index (χ2v) is 10.4. The van der Waals surface area contributed by atoms with Crippen molar-refractivity contribution >= 4 is 29.1 Å². The number of rotatable bonds is 6. The maximum Gasteiger partial charge on any atom is 0.330 e. The van der Waals surface area contributed by atoms with Gasteiger partial charge in [-0.2, -0.15) is 0 Å². The molecule has 1 aliphatic heterocycles. The Labute approximate surface area is 200 Å². The number of nitrogens with one attached hydrogen (secondary N) is 1. The van der Waals surface area contributed by atoms with Gasteiger partial charge in [-0.25, -0.2) is 19.7 Å². The Kier molecular flexibility index (Phi) is 5.35. The predicted octanol–water partition coefficient (Wildman–Crippen LogP) is 5.34. The average molecular weight is 458 g/mol. The fraction of sp³-hybridized carbons (Fsp3) is 0.481. The van der Waals surface area contributed by atoms with E-state index in [9.17, 15) is 9.59 Å². The minimum atomic E-state index is -0.138. The predicted molar refractivity (Wildman–Crippen MR) is 131 cm³/mol. The van der Waals surface area contributed by atoms with Crippen molar-refractivity contribution in [3.8, 4) is 0 Å². The molecule has 7 nitrogen and oxygen atoms in total. The van der Waals surface area contributed by atoms with Crippen molar-refractivity contribution in [1.29, 1.82) is 0 Å². The van der Waals surface area contributed by atoms with Gasteiger partial charge in [-0.1, -0.05) is 12.1 Å². The van der Waals surface area contributed by atoms with E-state index in [0.717, 1.165) is 42.6 Å². The average Bonchev–Trinajstić information content (AvgIpc) is 3.60. The van der Waals surface area contributed by atoms with Crippen LogP contribution in [0.5, 0.6) is 0 Å². The van der Waals surface area contributed by atoms with E-state index in [4.69, 9.17) is 0 Å². The molecule has 3 saturated carbocycles. The highest BCUT2D eigenvalue weighted by Crippen LogP contribution is 2.50. The van der Waals surface area contributed by atoms with Crippen LogP contribution in [0, 0.1) is 24.7 Å². The van der Waals surface area contributed by atoms with Crippen molar-refractivity contribution in [2.75, 3.05) is 10.2 Å². The van der Waals surface area contributed by atoms with Crippen LogP contribution in [0.3, 0.4) is 0 Å². The number of aromatic nitrogens is 2. The third-order valence-electron chi connectivity index (χ3n) is 7.90. The number of fused-ring (bicyclic) bond motifs is 2. The molecule has 176 valence electrons. The minimum absolute atomic E-state index is 0.0676. The van der Waals surface area contributed by atoms with Gasteiger partial charge >= 0.3 is 6.03 Å². The molecule has 2 aromatic rings. The van der Waals surface area contributed by atoms with Crippen molar-refractivity contribution in [2.24, 2.45) is 17.8 Å². The van der Waals surface area contributed by atoms with Crippen LogP contribution in [0.2, 0.25) is 0 Å². The highest BCUT2D eigenvalue weighted by molar-refractivity contribution is 6.03. The van der Waals surface area contributed by atoms with Gasteiger partial charge in [0, 0.05) is 23.5 Å². The van der Waals surface area contributed by atoms with E-state index in [1.807, 2.05) is 48.4 Å². The molecule has 3 amide bonds. The first kappa shape index (κ1) is 21.3. The summed E-state index contributed by atoms with van der Waals surface area (Å²) in [5.41, 5.74) is 2.29. The van der Waals surface area contributed by atoms with Gasteiger partial charge in [0.25, 0.3) is 0 Å². The molecule has 6 rings (SSSR count). The highest BCUT2D eigenvalue weighted by atomic mass is 16.2. The van der Waals surface area contributed by atoms with E-state index >= 15 is 0 Å². The van der Waals surface area contributed by atoms with Crippen LogP contribution in [0.25, 0.3) is 0 Å². The monoisotopic (exact) mass is 457 g/mol. The van der Waals surface area contributed by atoms with Gasteiger partial charge in [0.1, 0.15) is 11.6 Å². The Morgan fingerprint density at radius 1 is 1.18 bits per heavy atom. The van der Waals surface area contributed by atoms with E-state index < -0.39 is 0 Å². The lowest BCUT2D eigenvalue weighted by Crippen LogP contribution is -2.46. The van der Waals surface area contributed by atoms with Gasteiger partial charge in [-0.15, -0.1) is 0 Å². The Morgan fingerprint density at radius 3 is 2.71 bits per heavy atom. The zero-order chi connectivity index (χ0) is 23.2. The summed E-state index contributed by atoms with van der Waals surface area (Å²) in [5.74, 6) is 3.74. The SMILES string of the molecule is Cc1ncc2c(n1)N(c1cccc(NC(=O)/C=C/CC3CC4CCC4C3)c1)C(=O)N(C1CC1)C2. The fourth-order valence-electron chi connectivity index (χ4n) is 5.84. The van der Waals surface area contributed by atoms with Crippen LogP contribution < -0.4 is 10.2 Å². The topological polar surface area (TPSA) is 78.4 Å². The van der Waals surface area contributed by atoms with E-state index in [1.165, 1.54) is 25.7 Å². The van der Waals surface area contributed by atoms with Crippen molar-refractivity contribution in [1.82, 2.24) is 14.9 Å². The molecule has 0 saturated heterocycles. The second-order valence-electron chi connectivity index (χ2n) is 10.4. The maximum absolute atomic E-state index is 13.4. The first-order valence-corrected chi connectivity index (χ1v) is 12.6. The van der Waals surface area contributed by atoms with Gasteiger partial charge in [0.05, 0.1) is 12.2 Å². The highest BCUT2D eigenvalue weighted by Gasteiger charge is 2.41. The summed E-state index contributed by atoms with van der Waals surface area (Å²) in [4.78, 5) is 38.5. The van der Waals surface area contributed by atoms with Gasteiger partial charge in [0.2, 0.25) is 5.91 Å². The van der Waals surface area contributed by atoms with Gasteiger partial charge in [-0.05, 0) is 93.9 Å². The number of nitrogens with zero attached hydrogens (tertiary/aromatic N) is 4. The third kappa shape index (κ3) is 4.08. The van der Waals surface area contributed by atoms with Crippen LogP contribution in [-0.2, 0) is 11.3 Å². The molecule has 0 spiro atoms. The number of carbonyl (C=O) groups is 2. The minimum Gasteiger partial charge on any atom is -0.322 e. The number of benzene rings is 1. The van der Waals surface area contributed by atoms with Gasteiger partial charge < -0.3 is 10.2 Å². The number of hydrogen-bond acceptors (Lipinski definition) is 4. The number of hydrogen-bond donors (Lipinski definition) is 1. The van der Waals surface area contributed by atoms with E-state index in [-0.39, 0.29) is 18.0 Å². The molecule has 2 atom stereocenters. The molecule has 7 heteroatoms. The van der Waals surface area contributed by atoms with Crippen LogP contribution in [0.1, 0.15) is 56.3 Å². The number of carbonyl (C=O) groups excluding carboxylic acids is 2. The summed E-state index contributed by atoms with van der Waals surface area (Å²) in [5, 5.41) is 2.96. The molecule has 0 bridgehead atoms. The van der Waals surface area contributed by atoms with Crippen molar-refractivity contribution in [2.45, 2.75) is 64.5 Å². The van der Waals surface area contributed by atoms with E-state index in [2.05, 4.69) is 15.3 Å². The summed E-state index contributed by atoms with van der Waals surface area (Å²) in [6.07, 6.45) is 14.0. The van der Waals surface area contributed by atoms with Crippen molar-refractivity contribution in [3.05, 3.63) is 54.0 Å². The molecule has 2 heterocycles. The number of aryl methyl sites for hydroxylation is 1. The van der Waals surface area contributed by atoms with E-state index in [0.29, 0.717) is 29.6 Å². The normalized spacial score (nSPS) is 25.8. The van der Waals surface area contributed by atoms with Crippen molar-refractivity contribution in [3.63, 3.8) is 0 Å². The number of allylic oxidation sites excluding steroid dienone is 1. The smallest absolute Gasteiger partial charge is 0.322 e. The number of urea groups is 1. The first-order chi connectivity index (χ1) is 16.5. The molecule has 2 unspecified atom stereocenters. The number of anilines is 3. The maximum atomic E-state index is 13.4. The Bertz CT molecular complexity index is 1150. The van der Waals surface area contributed by atoms with Crippen LogP contribution >= 0.6 is 0 Å². The zero-order valence-corrected chi connectivity index (χ0v) is 19.6. The standard InChI is InChI=1S/C27H31N5O2/c1-17-28-15-21-16-31(23-10-11-23)27(34)32(26(21)29-17)24-6-3-5-22(14-24)30-25(33)7-2-4-18-12-19-8-9-20(19)13-18/h2-3,5-7,14-15,18-20,23H,4,8-13,16H2,1H3,(H,30,33)/b7-2+. The molecule has 0 radical (unpaired) electrons. The first-order valence-electron chi connectivity index (χ1n) is 12.6. The molecule has 1 aromatic heterocycles. The Morgan fingerprint density at radius 2 is 1.97 bits per heavy atom. The van der Waals surface area contributed by atoms with Gasteiger partial charge in [-0.3, -0.25) is 4.79 Å². The largest absolute Gasteiger partial charge is 0.330 e. The fourth-order valence-corrected chi connectivity index (χ4v) is 5.84. The lowest BCUT2D eigenvalue weighted by molar-refractivity contribution is -0.111. The molecule has 3 fully saturated rings. The quantitative estimate of drug-likeness (QED) is 0.594. The Hall–Kier alpha value is -3.22. The summed E-state index contributed by atoms with van der Waals surface area (Å²) in [6, 6.07) is 7.66. The summed E-state index contributed by atoms with van der Waals surface area (Å²) in [7, 11) is 0. The lowest BCUT2D eigenvalue weighted by Gasteiger charge is -2.36. The van der Waals surface area contributed by atoms with Crippen molar-refractivity contribution < 1.29 is 9.59 Å². The molecule has 1 aromatic carbocycles. The molecule has 34 heavy (non-hydrogen) atoms. The lowest BCUT2D eigenvalue weighted by atomic mass is 9.77. The van der Waals surface area contributed by atoms with Crippen LogP contribution in [0.15, 0.2) is 42.6 Å². The summed E-state index contributed by atoms with van der Waals surface area (Å²) < 4.78 is 0. The third-order valence-corrected chi connectivity index (χ3v) is 7.90. The molecule has 1 N–H and O–H groups in total. The van der Waals surface area contributed by atoms with Crippen LogP contribution in [0.4, 0.5) is 22.0 Å². The van der Waals surface area contributed by atoms with E-state index in [1.54, 1.807) is 11.0 Å². The second kappa shape index (κ2) is 8.53. The van der Waals surface area contributed by atoms with Gasteiger partial charge in [0.15, 0.2) is 0 Å².